The maximum Gasteiger partial charge on any atom is 0.209 e. The number of hydrogen-bond donors (Lipinski definition) is 0. The zero-order chi connectivity index (χ0) is 7.84. The molecule has 0 unspecified atom stereocenters. The van der Waals surface area contributed by atoms with Gasteiger partial charge in [-0.05, 0) is 19.1 Å². The van der Waals surface area contributed by atoms with Crippen LogP contribution in [0.5, 0.6) is 0 Å². The van der Waals surface area contributed by atoms with Gasteiger partial charge in [0.2, 0.25) is 5.78 Å². The third-order valence-corrected chi connectivity index (χ3v) is 1.77. The Morgan fingerprint density at radius 1 is 1.27 bits per heavy atom. The first-order valence-corrected chi connectivity index (χ1v) is 3.48. The Morgan fingerprint density at radius 3 is 2.73 bits per heavy atom. The van der Waals surface area contributed by atoms with Gasteiger partial charge in [-0.2, -0.15) is 0 Å². The van der Waals surface area contributed by atoms with E-state index in [0.717, 1.165) is 11.3 Å². The first-order chi connectivity index (χ1) is 5.29. The van der Waals surface area contributed by atoms with Crippen molar-refractivity contribution >= 4 is 17.2 Å². The zero-order valence-corrected chi connectivity index (χ0v) is 6.16. The van der Waals surface area contributed by atoms with Crippen molar-refractivity contribution in [2.75, 3.05) is 0 Å². The van der Waals surface area contributed by atoms with Gasteiger partial charge in [0.15, 0.2) is 0 Å². The van der Waals surface area contributed by atoms with Gasteiger partial charge in [-0.1, -0.05) is 12.1 Å². The van der Waals surface area contributed by atoms with Crippen LogP contribution in [-0.2, 0) is 0 Å². The molecule has 0 fully saturated rings. The van der Waals surface area contributed by atoms with Crippen molar-refractivity contribution in [1.29, 1.82) is 0 Å². The maximum absolute atomic E-state index is 11.3. The lowest BCUT2D eigenvalue weighted by Crippen LogP contribution is -2.03. The van der Waals surface area contributed by atoms with Crippen LogP contribution < -0.4 is 0 Å². The third kappa shape index (κ3) is 0.792. The molecule has 2 rings (SSSR count). The predicted octanol–water partition coefficient (Wildman–Crippen LogP) is 1.98. The van der Waals surface area contributed by atoms with E-state index in [-0.39, 0.29) is 5.78 Å². The van der Waals surface area contributed by atoms with Crippen LogP contribution in [0.3, 0.4) is 0 Å². The predicted molar refractivity (Wildman–Crippen MR) is 43.5 cm³/mol. The highest BCUT2D eigenvalue weighted by atomic mass is 16.1. The van der Waals surface area contributed by atoms with E-state index in [2.05, 4.69) is 4.99 Å². The number of aliphatic imine (C=N–C) groups is 1. The number of carbonyl (C=O) groups is 1. The highest BCUT2D eigenvalue weighted by Gasteiger charge is 2.19. The summed E-state index contributed by atoms with van der Waals surface area (Å²) in [7, 11) is 0. The lowest BCUT2D eigenvalue weighted by atomic mass is 10.1. The smallest absolute Gasteiger partial charge is 0.209 e. The van der Waals surface area contributed by atoms with E-state index in [0.29, 0.717) is 5.71 Å². The van der Waals surface area contributed by atoms with Crippen molar-refractivity contribution in [2.45, 2.75) is 6.92 Å². The van der Waals surface area contributed by atoms with Gasteiger partial charge in [-0.15, -0.1) is 0 Å². The molecule has 0 bridgehead atoms. The SMILES string of the molecule is CC1=Nc2ccccc2C1=O. The van der Waals surface area contributed by atoms with Crippen molar-refractivity contribution in [3.63, 3.8) is 0 Å². The van der Waals surface area contributed by atoms with Crippen LogP contribution in [0.15, 0.2) is 29.3 Å². The molecule has 0 radical (unpaired) electrons. The highest BCUT2D eigenvalue weighted by Crippen LogP contribution is 2.25. The fourth-order valence-electron chi connectivity index (χ4n) is 1.19. The van der Waals surface area contributed by atoms with Crippen molar-refractivity contribution in [1.82, 2.24) is 0 Å². The summed E-state index contributed by atoms with van der Waals surface area (Å²) in [6.07, 6.45) is 0. The van der Waals surface area contributed by atoms with E-state index in [1.54, 1.807) is 13.0 Å². The lowest BCUT2D eigenvalue weighted by molar-refractivity contribution is 0.106. The van der Waals surface area contributed by atoms with Gasteiger partial charge in [-0.3, -0.25) is 4.79 Å². The minimum absolute atomic E-state index is 0.0561. The summed E-state index contributed by atoms with van der Waals surface area (Å²) in [6.45, 7) is 1.74. The molecule has 0 saturated carbocycles. The molecule has 0 saturated heterocycles. The van der Waals surface area contributed by atoms with E-state index < -0.39 is 0 Å². The largest absolute Gasteiger partial charge is 0.287 e. The van der Waals surface area contributed by atoms with Crippen LogP contribution in [0.1, 0.15) is 17.3 Å². The molecule has 0 atom stereocenters. The number of nitrogens with zero attached hydrogens (tertiary/aromatic N) is 1. The van der Waals surface area contributed by atoms with Gasteiger partial charge in [0.05, 0.1) is 11.4 Å². The summed E-state index contributed by atoms with van der Waals surface area (Å²) in [5, 5.41) is 0. The Kier molecular flexibility index (Phi) is 1.15. The molecule has 2 heteroatoms. The van der Waals surface area contributed by atoms with Crippen molar-refractivity contribution in [2.24, 2.45) is 4.99 Å². The van der Waals surface area contributed by atoms with Gasteiger partial charge >= 0.3 is 0 Å². The average Bonchev–Trinajstić information content (AvgIpc) is 2.30. The Hall–Kier alpha value is -1.44. The van der Waals surface area contributed by atoms with Crippen LogP contribution >= 0.6 is 0 Å². The van der Waals surface area contributed by atoms with Crippen molar-refractivity contribution < 1.29 is 4.79 Å². The molecule has 1 aromatic carbocycles. The molecule has 54 valence electrons. The lowest BCUT2D eigenvalue weighted by Gasteiger charge is -1.90. The molecule has 1 heterocycles. The Labute approximate surface area is 64.6 Å². The van der Waals surface area contributed by atoms with E-state index in [1.807, 2.05) is 18.2 Å². The second-order valence-corrected chi connectivity index (χ2v) is 2.54. The number of fused-ring (bicyclic) bond motifs is 1. The molecule has 0 amide bonds. The molecule has 1 aliphatic heterocycles. The highest BCUT2D eigenvalue weighted by molar-refractivity contribution is 6.49. The molecule has 0 N–H and O–H groups in total. The summed E-state index contributed by atoms with van der Waals surface area (Å²) in [5.41, 5.74) is 2.12. The fourth-order valence-corrected chi connectivity index (χ4v) is 1.19. The van der Waals surface area contributed by atoms with Crippen molar-refractivity contribution in [3.05, 3.63) is 29.8 Å². The first-order valence-electron chi connectivity index (χ1n) is 3.48. The normalized spacial score (nSPS) is 14.6. The first kappa shape index (κ1) is 6.28. The van der Waals surface area contributed by atoms with Gasteiger partial charge in [0, 0.05) is 5.56 Å². The molecule has 11 heavy (non-hydrogen) atoms. The Bertz CT molecular complexity index is 352. The number of ketones is 1. The molecule has 2 nitrogen and oxygen atoms in total. The molecule has 0 aliphatic carbocycles. The van der Waals surface area contributed by atoms with Gasteiger partial charge in [0.25, 0.3) is 0 Å². The average molecular weight is 145 g/mol. The number of carbonyl (C=O) groups excluding carboxylic acids is 1. The van der Waals surface area contributed by atoms with Crippen LogP contribution in [-0.4, -0.2) is 11.5 Å². The van der Waals surface area contributed by atoms with E-state index in [1.165, 1.54) is 0 Å². The molecular weight excluding hydrogens is 138 g/mol. The summed E-state index contributed by atoms with van der Waals surface area (Å²) < 4.78 is 0. The number of hydrogen-bond acceptors (Lipinski definition) is 2. The number of rotatable bonds is 0. The third-order valence-electron chi connectivity index (χ3n) is 1.77. The Morgan fingerprint density at radius 2 is 2.00 bits per heavy atom. The summed E-state index contributed by atoms with van der Waals surface area (Å²) in [5.74, 6) is 0.0561. The van der Waals surface area contributed by atoms with Crippen LogP contribution in [0.2, 0.25) is 0 Å². The zero-order valence-electron chi connectivity index (χ0n) is 6.16. The number of Topliss-reactive ketones (excluding diaryl/α,β-unsaturated/α-hetero) is 1. The number of benzene rings is 1. The number of para-hydroxylation sites is 1. The Balaban J connectivity index is 2.67. The summed E-state index contributed by atoms with van der Waals surface area (Å²) >= 11 is 0. The minimum atomic E-state index is 0.0561. The second kappa shape index (κ2) is 2.02. The fraction of sp³-hybridized carbons (Fsp3) is 0.111. The van der Waals surface area contributed by atoms with E-state index in [9.17, 15) is 4.79 Å². The molecule has 1 aliphatic rings. The van der Waals surface area contributed by atoms with Crippen LogP contribution in [0, 0.1) is 0 Å². The van der Waals surface area contributed by atoms with Gasteiger partial charge in [-0.25, -0.2) is 4.99 Å². The van der Waals surface area contributed by atoms with Gasteiger partial charge in [0.1, 0.15) is 0 Å². The molecular formula is C9H7NO. The van der Waals surface area contributed by atoms with Crippen LogP contribution in [0.4, 0.5) is 5.69 Å². The molecule has 0 aromatic heterocycles. The minimum Gasteiger partial charge on any atom is -0.287 e. The summed E-state index contributed by atoms with van der Waals surface area (Å²) in [4.78, 5) is 15.4. The quantitative estimate of drug-likeness (QED) is 0.548. The van der Waals surface area contributed by atoms with Crippen LogP contribution in [0.25, 0.3) is 0 Å². The second-order valence-electron chi connectivity index (χ2n) is 2.54. The molecule has 1 aromatic rings. The topological polar surface area (TPSA) is 29.4 Å². The summed E-state index contributed by atoms with van der Waals surface area (Å²) in [6, 6.07) is 7.39. The maximum atomic E-state index is 11.3. The van der Waals surface area contributed by atoms with E-state index >= 15 is 0 Å². The molecule has 0 spiro atoms. The van der Waals surface area contributed by atoms with Gasteiger partial charge < -0.3 is 0 Å². The van der Waals surface area contributed by atoms with Crippen molar-refractivity contribution in [3.8, 4) is 0 Å². The standard InChI is InChI=1S/C9H7NO/c1-6-9(11)7-4-2-3-5-8(7)10-6/h2-5H,1H3. The monoisotopic (exact) mass is 145 g/mol. The van der Waals surface area contributed by atoms with E-state index in [4.69, 9.17) is 0 Å².